The number of carboxylic acids is 1. The lowest BCUT2D eigenvalue weighted by atomic mass is 10.0. The van der Waals surface area contributed by atoms with Crippen molar-refractivity contribution in [2.24, 2.45) is 0 Å². The van der Waals surface area contributed by atoms with Crippen LogP contribution in [0.2, 0.25) is 0 Å². The van der Waals surface area contributed by atoms with Crippen LogP contribution in [0.5, 0.6) is 0 Å². The molecular weight excluding hydrogens is 247 g/mol. The predicted octanol–water partition coefficient (Wildman–Crippen LogP) is 2.38. The highest BCUT2D eigenvalue weighted by Gasteiger charge is 2.24. The van der Waals surface area contributed by atoms with Gasteiger partial charge in [0.05, 0.1) is 18.2 Å². The number of aliphatic carboxylic acids is 1. The summed E-state index contributed by atoms with van der Waals surface area (Å²) in [5.41, 5.74) is 0.469. The topological polar surface area (TPSA) is 64.3 Å². The Hall–Kier alpha value is -1.93. The highest BCUT2D eigenvalue weighted by molar-refractivity contribution is 5.69. The van der Waals surface area contributed by atoms with Gasteiger partial charge in [-0.05, 0) is 44.5 Å². The largest absolute Gasteiger partial charge is 0.480 e. The first-order chi connectivity index (χ1) is 8.74. The van der Waals surface area contributed by atoms with Crippen LogP contribution in [-0.4, -0.2) is 28.1 Å². The first-order valence-electron chi connectivity index (χ1n) is 5.89. The number of nitrogens with zero attached hydrogens (tertiary/aromatic N) is 2. The van der Waals surface area contributed by atoms with E-state index in [-0.39, 0.29) is 13.1 Å². The minimum atomic E-state index is -0.954. The molecule has 0 aromatic heterocycles. The first kappa shape index (κ1) is 15.1. The zero-order chi connectivity index (χ0) is 14.6. The molecule has 0 bridgehead atoms. The summed E-state index contributed by atoms with van der Waals surface area (Å²) in [6.45, 7) is 5.69. The van der Waals surface area contributed by atoms with Gasteiger partial charge in [0, 0.05) is 12.1 Å². The van der Waals surface area contributed by atoms with Crippen LogP contribution in [0.1, 0.15) is 31.9 Å². The number of hydrogen-bond acceptors (Lipinski definition) is 3. The quantitative estimate of drug-likeness (QED) is 0.906. The van der Waals surface area contributed by atoms with E-state index < -0.39 is 17.3 Å². The monoisotopic (exact) mass is 264 g/mol. The Morgan fingerprint density at radius 1 is 1.47 bits per heavy atom. The van der Waals surface area contributed by atoms with E-state index in [0.717, 1.165) is 0 Å². The van der Waals surface area contributed by atoms with Crippen molar-refractivity contribution in [3.05, 3.63) is 35.1 Å². The second-order valence-corrected chi connectivity index (χ2v) is 5.33. The second-order valence-electron chi connectivity index (χ2n) is 5.33. The summed E-state index contributed by atoms with van der Waals surface area (Å²) >= 11 is 0. The summed E-state index contributed by atoms with van der Waals surface area (Å²) in [6.07, 6.45) is 0. The third kappa shape index (κ3) is 4.34. The van der Waals surface area contributed by atoms with Crippen LogP contribution in [-0.2, 0) is 11.3 Å². The predicted molar refractivity (Wildman–Crippen MR) is 68.9 cm³/mol. The molecule has 0 amide bonds. The molecule has 0 fully saturated rings. The molecule has 0 aliphatic rings. The molecule has 0 radical (unpaired) electrons. The van der Waals surface area contributed by atoms with Gasteiger partial charge in [-0.15, -0.1) is 0 Å². The molecule has 0 atom stereocenters. The SMILES string of the molecule is CC(C)(C)N(CC(=O)O)Cc1cc(F)ccc1C#N. The lowest BCUT2D eigenvalue weighted by molar-refractivity contribution is -0.139. The molecule has 0 aliphatic carbocycles. The number of nitriles is 1. The van der Waals surface area contributed by atoms with Gasteiger partial charge in [0.25, 0.3) is 0 Å². The Balaban J connectivity index is 3.06. The van der Waals surface area contributed by atoms with Crippen molar-refractivity contribution in [3.8, 4) is 6.07 Å². The molecule has 0 saturated heterocycles. The Morgan fingerprint density at radius 3 is 2.58 bits per heavy atom. The lowest BCUT2D eigenvalue weighted by Crippen LogP contribution is -2.43. The Kier molecular flexibility index (Phi) is 4.62. The summed E-state index contributed by atoms with van der Waals surface area (Å²) in [6, 6.07) is 5.90. The van der Waals surface area contributed by atoms with E-state index in [9.17, 15) is 9.18 Å². The molecule has 4 nitrogen and oxygen atoms in total. The van der Waals surface area contributed by atoms with Gasteiger partial charge in [0.2, 0.25) is 0 Å². The average molecular weight is 264 g/mol. The molecule has 0 unspecified atom stereocenters. The number of carbonyl (C=O) groups is 1. The van der Waals surface area contributed by atoms with Gasteiger partial charge < -0.3 is 5.11 Å². The molecular formula is C14H17FN2O2. The molecule has 0 aliphatic heterocycles. The summed E-state index contributed by atoms with van der Waals surface area (Å²) in [4.78, 5) is 12.6. The van der Waals surface area contributed by atoms with Gasteiger partial charge >= 0.3 is 5.97 Å². The van der Waals surface area contributed by atoms with Crippen LogP contribution in [0.15, 0.2) is 18.2 Å². The van der Waals surface area contributed by atoms with Crippen molar-refractivity contribution < 1.29 is 14.3 Å². The van der Waals surface area contributed by atoms with Gasteiger partial charge in [-0.2, -0.15) is 5.26 Å². The van der Waals surface area contributed by atoms with Crippen molar-refractivity contribution in [2.45, 2.75) is 32.9 Å². The highest BCUT2D eigenvalue weighted by atomic mass is 19.1. The number of hydrogen-bond donors (Lipinski definition) is 1. The molecule has 0 heterocycles. The summed E-state index contributed by atoms with van der Waals surface area (Å²) in [5, 5.41) is 17.9. The van der Waals surface area contributed by atoms with Gasteiger partial charge in [0.15, 0.2) is 0 Å². The van der Waals surface area contributed by atoms with Crippen LogP contribution < -0.4 is 0 Å². The molecule has 102 valence electrons. The van der Waals surface area contributed by atoms with Gasteiger partial charge in [-0.25, -0.2) is 4.39 Å². The Morgan fingerprint density at radius 2 is 2.11 bits per heavy atom. The standard InChI is InChI=1S/C14H17FN2O2/c1-14(2,3)17(9-13(18)19)8-11-6-12(15)5-4-10(11)7-16/h4-6H,8-9H2,1-3H3,(H,18,19). The van der Waals surface area contributed by atoms with E-state index in [1.165, 1.54) is 18.2 Å². The molecule has 1 rings (SSSR count). The fourth-order valence-corrected chi connectivity index (χ4v) is 1.70. The van der Waals surface area contributed by atoms with Crippen LogP contribution in [0, 0.1) is 17.1 Å². The molecule has 19 heavy (non-hydrogen) atoms. The molecule has 5 heteroatoms. The highest BCUT2D eigenvalue weighted by Crippen LogP contribution is 2.19. The van der Waals surface area contributed by atoms with E-state index in [4.69, 9.17) is 10.4 Å². The van der Waals surface area contributed by atoms with Crippen molar-refractivity contribution in [1.29, 1.82) is 5.26 Å². The average Bonchev–Trinajstić information content (AvgIpc) is 2.26. The molecule has 1 aromatic carbocycles. The molecule has 1 aromatic rings. The Labute approximate surface area is 112 Å². The van der Waals surface area contributed by atoms with E-state index in [0.29, 0.717) is 11.1 Å². The number of carboxylic acid groups (broad SMARTS) is 1. The second kappa shape index (κ2) is 5.81. The van der Waals surface area contributed by atoms with Crippen molar-refractivity contribution in [1.82, 2.24) is 4.90 Å². The summed E-state index contributed by atoms with van der Waals surface area (Å²) in [5.74, 6) is -1.39. The minimum Gasteiger partial charge on any atom is -0.480 e. The van der Waals surface area contributed by atoms with Crippen LogP contribution in [0.25, 0.3) is 0 Å². The minimum absolute atomic E-state index is 0.162. The van der Waals surface area contributed by atoms with Crippen LogP contribution in [0.4, 0.5) is 4.39 Å². The van der Waals surface area contributed by atoms with E-state index >= 15 is 0 Å². The maximum Gasteiger partial charge on any atom is 0.317 e. The fourth-order valence-electron chi connectivity index (χ4n) is 1.70. The third-order valence-corrected chi connectivity index (χ3v) is 2.82. The van der Waals surface area contributed by atoms with E-state index in [1.807, 2.05) is 26.8 Å². The Bertz CT molecular complexity index is 515. The van der Waals surface area contributed by atoms with Crippen molar-refractivity contribution in [3.63, 3.8) is 0 Å². The maximum absolute atomic E-state index is 13.2. The van der Waals surface area contributed by atoms with E-state index in [1.54, 1.807) is 4.90 Å². The third-order valence-electron chi connectivity index (χ3n) is 2.82. The normalized spacial score (nSPS) is 11.4. The van der Waals surface area contributed by atoms with Gasteiger partial charge in [-0.3, -0.25) is 9.69 Å². The smallest absolute Gasteiger partial charge is 0.317 e. The van der Waals surface area contributed by atoms with E-state index in [2.05, 4.69) is 0 Å². The van der Waals surface area contributed by atoms with Gasteiger partial charge in [0.1, 0.15) is 5.82 Å². The molecule has 0 spiro atoms. The lowest BCUT2D eigenvalue weighted by Gasteiger charge is -2.34. The van der Waals surface area contributed by atoms with Crippen molar-refractivity contribution in [2.75, 3.05) is 6.54 Å². The van der Waals surface area contributed by atoms with Crippen molar-refractivity contribution >= 4 is 5.97 Å². The number of rotatable bonds is 4. The maximum atomic E-state index is 13.2. The summed E-state index contributed by atoms with van der Waals surface area (Å²) in [7, 11) is 0. The zero-order valence-electron chi connectivity index (χ0n) is 11.3. The zero-order valence-corrected chi connectivity index (χ0v) is 11.3. The number of halogens is 1. The summed E-state index contributed by atoms with van der Waals surface area (Å²) < 4.78 is 13.2. The fraction of sp³-hybridized carbons (Fsp3) is 0.429. The number of benzene rings is 1. The molecule has 1 N–H and O–H groups in total. The first-order valence-corrected chi connectivity index (χ1v) is 5.89. The van der Waals surface area contributed by atoms with Gasteiger partial charge in [-0.1, -0.05) is 0 Å². The molecule has 0 saturated carbocycles. The van der Waals surface area contributed by atoms with Crippen LogP contribution >= 0.6 is 0 Å². The van der Waals surface area contributed by atoms with Crippen LogP contribution in [0.3, 0.4) is 0 Å².